The average Bonchev–Trinajstić information content (AvgIpc) is 2.17. The van der Waals surface area contributed by atoms with Gasteiger partial charge in [0.1, 0.15) is 0 Å². The van der Waals surface area contributed by atoms with Gasteiger partial charge in [0, 0.05) is 0 Å². The minimum atomic E-state index is 0.865. The highest BCUT2D eigenvalue weighted by atomic mass is 14.3. The van der Waals surface area contributed by atoms with Crippen LogP contribution in [0.25, 0.3) is 0 Å². The van der Waals surface area contributed by atoms with Gasteiger partial charge in [-0.1, -0.05) is 26.0 Å². The summed E-state index contributed by atoms with van der Waals surface area (Å²) in [4.78, 5) is 0. The van der Waals surface area contributed by atoms with Gasteiger partial charge in [-0.2, -0.15) is 0 Å². The second kappa shape index (κ2) is 3.69. The van der Waals surface area contributed by atoms with Gasteiger partial charge in [0.2, 0.25) is 0 Å². The van der Waals surface area contributed by atoms with Crippen LogP contribution < -0.4 is 0 Å². The lowest BCUT2D eigenvalue weighted by atomic mass is 9.75. The minimum Gasteiger partial charge on any atom is -0.0807 e. The van der Waals surface area contributed by atoms with Crippen molar-refractivity contribution in [3.8, 4) is 0 Å². The predicted octanol–water partition coefficient (Wildman–Crippen LogP) is 4.09. The molecule has 0 nitrogen and oxygen atoms in total. The van der Waals surface area contributed by atoms with Crippen molar-refractivity contribution in [2.24, 2.45) is 11.8 Å². The zero-order valence-electron chi connectivity index (χ0n) is 8.84. The van der Waals surface area contributed by atoms with Crippen LogP contribution in [0.2, 0.25) is 0 Å². The van der Waals surface area contributed by atoms with Crippen molar-refractivity contribution in [2.45, 2.75) is 46.0 Å². The Kier molecular flexibility index (Phi) is 2.57. The van der Waals surface area contributed by atoms with Gasteiger partial charge in [0.05, 0.1) is 0 Å². The summed E-state index contributed by atoms with van der Waals surface area (Å²) < 4.78 is 0. The van der Waals surface area contributed by atoms with Crippen LogP contribution in [0, 0.1) is 11.8 Å². The lowest BCUT2D eigenvalue weighted by Crippen LogP contribution is -2.16. The largest absolute Gasteiger partial charge is 0.0807 e. The van der Waals surface area contributed by atoms with Crippen LogP contribution in [0.15, 0.2) is 23.3 Å². The van der Waals surface area contributed by atoms with Gasteiger partial charge < -0.3 is 0 Å². The summed E-state index contributed by atoms with van der Waals surface area (Å²) in [5, 5.41) is 0. The number of hydrogen-bond donors (Lipinski definition) is 0. The number of hydrogen-bond acceptors (Lipinski definition) is 0. The Labute approximate surface area is 81.7 Å². The van der Waals surface area contributed by atoms with Crippen molar-refractivity contribution in [3.63, 3.8) is 0 Å². The van der Waals surface area contributed by atoms with E-state index in [1.54, 1.807) is 11.1 Å². The van der Waals surface area contributed by atoms with Gasteiger partial charge in [0.15, 0.2) is 0 Å². The third kappa shape index (κ3) is 1.87. The fourth-order valence-electron chi connectivity index (χ4n) is 2.55. The van der Waals surface area contributed by atoms with Gasteiger partial charge in [-0.05, 0) is 55.1 Å². The maximum Gasteiger partial charge on any atom is -0.0248 e. The molecule has 1 saturated carbocycles. The number of allylic oxidation sites excluding steroid dienone is 4. The van der Waals surface area contributed by atoms with E-state index in [-0.39, 0.29) is 0 Å². The Morgan fingerprint density at radius 3 is 2.54 bits per heavy atom. The molecule has 0 amide bonds. The molecule has 1 atom stereocenters. The molecule has 2 rings (SSSR count). The molecule has 13 heavy (non-hydrogen) atoms. The molecular formula is C13H20. The SMILES string of the molecule is CC(C)C1CCC2=CCCC=C2C1. The van der Waals surface area contributed by atoms with E-state index in [0.29, 0.717) is 0 Å². The van der Waals surface area contributed by atoms with E-state index >= 15 is 0 Å². The topological polar surface area (TPSA) is 0 Å². The van der Waals surface area contributed by atoms with E-state index in [0.717, 1.165) is 11.8 Å². The van der Waals surface area contributed by atoms with E-state index in [4.69, 9.17) is 0 Å². The molecule has 0 aromatic rings. The van der Waals surface area contributed by atoms with E-state index in [2.05, 4.69) is 26.0 Å². The van der Waals surface area contributed by atoms with E-state index < -0.39 is 0 Å². The molecule has 0 bridgehead atoms. The molecule has 2 aliphatic rings. The lowest BCUT2D eigenvalue weighted by Gasteiger charge is -2.30. The Balaban J connectivity index is 2.08. The maximum absolute atomic E-state index is 2.48. The maximum atomic E-state index is 2.48. The van der Waals surface area contributed by atoms with Crippen LogP contribution in [0.3, 0.4) is 0 Å². The van der Waals surface area contributed by atoms with Crippen molar-refractivity contribution in [3.05, 3.63) is 23.3 Å². The summed E-state index contributed by atoms with van der Waals surface area (Å²) in [6.07, 6.45) is 11.6. The fraction of sp³-hybridized carbons (Fsp3) is 0.692. The number of fused-ring (bicyclic) bond motifs is 1. The highest BCUT2D eigenvalue weighted by Gasteiger charge is 2.23. The van der Waals surface area contributed by atoms with Gasteiger partial charge >= 0.3 is 0 Å². The minimum absolute atomic E-state index is 0.865. The van der Waals surface area contributed by atoms with Gasteiger partial charge in [-0.15, -0.1) is 0 Å². The average molecular weight is 176 g/mol. The van der Waals surface area contributed by atoms with Crippen molar-refractivity contribution in [1.82, 2.24) is 0 Å². The summed E-state index contributed by atoms with van der Waals surface area (Å²) in [7, 11) is 0. The molecule has 0 spiro atoms. The van der Waals surface area contributed by atoms with Crippen LogP contribution in [0.5, 0.6) is 0 Å². The smallest absolute Gasteiger partial charge is 0.0248 e. The Hall–Kier alpha value is -0.520. The molecule has 0 N–H and O–H groups in total. The fourth-order valence-corrected chi connectivity index (χ4v) is 2.55. The zero-order chi connectivity index (χ0) is 9.26. The molecular weight excluding hydrogens is 156 g/mol. The summed E-state index contributed by atoms with van der Waals surface area (Å²) in [5.41, 5.74) is 3.35. The molecule has 0 aromatic carbocycles. The molecule has 0 heteroatoms. The second-order valence-corrected chi connectivity index (χ2v) is 4.78. The molecule has 72 valence electrons. The highest BCUT2D eigenvalue weighted by molar-refractivity contribution is 5.35. The van der Waals surface area contributed by atoms with Gasteiger partial charge in [0.25, 0.3) is 0 Å². The Bertz CT molecular complexity index is 243. The molecule has 0 aliphatic heterocycles. The second-order valence-electron chi connectivity index (χ2n) is 4.78. The van der Waals surface area contributed by atoms with Gasteiger partial charge in [-0.3, -0.25) is 0 Å². The first-order valence-electron chi connectivity index (χ1n) is 5.66. The van der Waals surface area contributed by atoms with E-state index in [1.165, 1.54) is 32.1 Å². The van der Waals surface area contributed by atoms with Crippen LogP contribution >= 0.6 is 0 Å². The normalized spacial score (nSPS) is 28.1. The molecule has 0 saturated heterocycles. The lowest BCUT2D eigenvalue weighted by molar-refractivity contribution is 0.340. The van der Waals surface area contributed by atoms with Crippen molar-refractivity contribution >= 4 is 0 Å². The molecule has 0 radical (unpaired) electrons. The molecule has 0 aromatic heterocycles. The first kappa shape index (κ1) is 9.05. The van der Waals surface area contributed by atoms with E-state index in [1.807, 2.05) is 0 Å². The van der Waals surface area contributed by atoms with Crippen molar-refractivity contribution < 1.29 is 0 Å². The van der Waals surface area contributed by atoms with E-state index in [9.17, 15) is 0 Å². The first-order valence-corrected chi connectivity index (χ1v) is 5.66. The summed E-state index contributed by atoms with van der Waals surface area (Å²) in [6.45, 7) is 4.73. The molecule has 0 heterocycles. The molecule has 1 fully saturated rings. The number of rotatable bonds is 1. The van der Waals surface area contributed by atoms with Crippen LogP contribution in [-0.2, 0) is 0 Å². The predicted molar refractivity (Wildman–Crippen MR) is 57.6 cm³/mol. The van der Waals surface area contributed by atoms with Gasteiger partial charge in [-0.25, -0.2) is 0 Å². The standard InChI is InChI=1S/C13H20/c1-10(2)12-8-7-11-5-3-4-6-13(11)9-12/h5-6,10,12H,3-4,7-9H2,1-2H3. The quantitative estimate of drug-likeness (QED) is 0.564. The Morgan fingerprint density at radius 2 is 1.85 bits per heavy atom. The monoisotopic (exact) mass is 176 g/mol. The van der Waals surface area contributed by atoms with Crippen molar-refractivity contribution in [1.29, 1.82) is 0 Å². The highest BCUT2D eigenvalue weighted by Crippen LogP contribution is 2.38. The van der Waals surface area contributed by atoms with Crippen LogP contribution in [0.1, 0.15) is 46.0 Å². The summed E-state index contributed by atoms with van der Waals surface area (Å²) >= 11 is 0. The summed E-state index contributed by atoms with van der Waals surface area (Å²) in [6, 6.07) is 0. The summed E-state index contributed by atoms with van der Waals surface area (Å²) in [5.74, 6) is 1.81. The third-order valence-corrected chi connectivity index (χ3v) is 3.57. The van der Waals surface area contributed by atoms with Crippen LogP contribution in [0.4, 0.5) is 0 Å². The van der Waals surface area contributed by atoms with Crippen LogP contribution in [-0.4, -0.2) is 0 Å². The first-order chi connectivity index (χ1) is 6.27. The molecule has 1 unspecified atom stereocenters. The van der Waals surface area contributed by atoms with Crippen molar-refractivity contribution in [2.75, 3.05) is 0 Å². The third-order valence-electron chi connectivity index (χ3n) is 3.57. The Morgan fingerprint density at radius 1 is 1.15 bits per heavy atom. The molecule has 2 aliphatic carbocycles. The zero-order valence-corrected chi connectivity index (χ0v) is 8.84.